The van der Waals surface area contributed by atoms with Crippen molar-refractivity contribution in [2.45, 2.75) is 34.1 Å². The summed E-state index contributed by atoms with van der Waals surface area (Å²) in [5.41, 5.74) is 2.20. The molecule has 0 saturated carbocycles. The molecule has 0 fully saturated rings. The minimum absolute atomic E-state index is 0.551. The van der Waals surface area contributed by atoms with E-state index >= 15 is 0 Å². The van der Waals surface area contributed by atoms with Crippen LogP contribution in [0.3, 0.4) is 0 Å². The van der Waals surface area contributed by atoms with Crippen molar-refractivity contribution in [1.29, 1.82) is 0 Å². The number of nitrogens with zero attached hydrogens (tertiary/aromatic N) is 2. The lowest BCUT2D eigenvalue weighted by molar-refractivity contribution is 0.0639. The van der Waals surface area contributed by atoms with Crippen LogP contribution in [0, 0.1) is 6.92 Å². The Balaban J connectivity index is 0.000000686. The van der Waals surface area contributed by atoms with Crippen LogP contribution >= 0.6 is 0 Å². The molecule has 0 aliphatic heterocycles. The molecule has 0 atom stereocenters. The Morgan fingerprint density at radius 1 is 1.18 bits per heavy atom. The van der Waals surface area contributed by atoms with Crippen LogP contribution in [-0.2, 0) is 18.1 Å². The van der Waals surface area contributed by atoms with Crippen molar-refractivity contribution in [3.63, 3.8) is 0 Å². The lowest BCUT2D eigenvalue weighted by Crippen LogP contribution is -2.00. The molecule has 0 saturated heterocycles. The summed E-state index contributed by atoms with van der Waals surface area (Å²) in [5, 5.41) is 0. The van der Waals surface area contributed by atoms with Crippen LogP contribution in [0.5, 0.6) is 0 Å². The van der Waals surface area contributed by atoms with Crippen molar-refractivity contribution < 1.29 is 4.74 Å². The van der Waals surface area contributed by atoms with Gasteiger partial charge in [0.1, 0.15) is 6.73 Å². The van der Waals surface area contributed by atoms with Crippen molar-refractivity contribution in [1.82, 2.24) is 9.55 Å². The van der Waals surface area contributed by atoms with Crippen LogP contribution < -0.4 is 0 Å². The molecule has 3 heteroatoms. The summed E-state index contributed by atoms with van der Waals surface area (Å²) in [4.78, 5) is 4.13. The minimum atomic E-state index is 0.551. The molecule has 92 valence electrons. The minimum Gasteiger partial charge on any atom is -0.356 e. The first-order valence-corrected chi connectivity index (χ1v) is 5.94. The first-order valence-electron chi connectivity index (χ1n) is 5.94. The number of aryl methyl sites for hydroxylation is 1. The van der Waals surface area contributed by atoms with Crippen LogP contribution in [-0.4, -0.2) is 9.55 Å². The monoisotopic (exact) mass is 232 g/mol. The average molecular weight is 232 g/mol. The highest BCUT2D eigenvalue weighted by Crippen LogP contribution is 2.01. The molecule has 17 heavy (non-hydrogen) atoms. The molecule has 2 rings (SSSR count). The molecule has 0 aliphatic rings. The summed E-state index contributed by atoms with van der Waals surface area (Å²) < 4.78 is 7.47. The van der Waals surface area contributed by atoms with Crippen LogP contribution in [0.1, 0.15) is 25.1 Å². The van der Waals surface area contributed by atoms with Gasteiger partial charge in [-0.05, 0) is 12.5 Å². The van der Waals surface area contributed by atoms with E-state index in [1.807, 2.05) is 49.7 Å². The molecule has 0 amide bonds. The van der Waals surface area contributed by atoms with Crippen molar-refractivity contribution >= 4 is 0 Å². The third-order valence-electron chi connectivity index (χ3n) is 2.11. The zero-order valence-corrected chi connectivity index (χ0v) is 10.8. The van der Waals surface area contributed by atoms with Gasteiger partial charge < -0.3 is 9.30 Å². The van der Waals surface area contributed by atoms with Crippen molar-refractivity contribution in [2.24, 2.45) is 0 Å². The lowest BCUT2D eigenvalue weighted by Gasteiger charge is -2.04. The molecule has 0 unspecified atom stereocenters. The summed E-state index contributed by atoms with van der Waals surface area (Å²) in [7, 11) is 0. The molecule has 0 spiro atoms. The maximum absolute atomic E-state index is 5.54. The smallest absolute Gasteiger partial charge is 0.124 e. The van der Waals surface area contributed by atoms with Crippen LogP contribution in [0.15, 0.2) is 42.9 Å². The maximum atomic E-state index is 5.54. The molecule has 2 aromatic rings. The Morgan fingerprint density at radius 3 is 2.47 bits per heavy atom. The van der Waals surface area contributed by atoms with Gasteiger partial charge in [-0.15, -0.1) is 0 Å². The van der Waals surface area contributed by atoms with Crippen molar-refractivity contribution in [3.8, 4) is 0 Å². The van der Waals surface area contributed by atoms with Gasteiger partial charge in [-0.1, -0.05) is 44.2 Å². The maximum Gasteiger partial charge on any atom is 0.124 e. The molecule has 0 aliphatic carbocycles. The Hall–Kier alpha value is -1.61. The predicted octanol–water partition coefficient (Wildman–Crippen LogP) is 3.39. The molecular formula is C14H20N2O. The van der Waals surface area contributed by atoms with Gasteiger partial charge in [0.15, 0.2) is 0 Å². The number of hydrogen-bond acceptors (Lipinski definition) is 2. The highest BCUT2D eigenvalue weighted by molar-refractivity contribution is 5.13. The highest BCUT2D eigenvalue weighted by atomic mass is 16.5. The SMILES string of the molecule is CC.Cc1cn(COCc2ccccc2)cn1. The fourth-order valence-corrected chi connectivity index (χ4v) is 1.39. The van der Waals surface area contributed by atoms with Gasteiger partial charge in [0.25, 0.3) is 0 Å². The highest BCUT2D eigenvalue weighted by Gasteiger charge is 1.94. The summed E-state index contributed by atoms with van der Waals surface area (Å²) in [5.74, 6) is 0. The van der Waals surface area contributed by atoms with Gasteiger partial charge in [-0.25, -0.2) is 4.98 Å². The third-order valence-corrected chi connectivity index (χ3v) is 2.11. The molecule has 1 heterocycles. The number of hydrogen-bond donors (Lipinski definition) is 0. The normalized spacial score (nSPS) is 9.59. The Morgan fingerprint density at radius 2 is 1.88 bits per heavy atom. The van der Waals surface area contributed by atoms with E-state index in [1.165, 1.54) is 5.56 Å². The number of aromatic nitrogens is 2. The van der Waals surface area contributed by atoms with E-state index in [-0.39, 0.29) is 0 Å². The topological polar surface area (TPSA) is 27.1 Å². The van der Waals surface area contributed by atoms with Gasteiger partial charge in [0.2, 0.25) is 0 Å². The number of benzene rings is 1. The second kappa shape index (κ2) is 7.63. The zero-order chi connectivity index (χ0) is 12.5. The van der Waals surface area contributed by atoms with Crippen LogP contribution in [0.25, 0.3) is 0 Å². The van der Waals surface area contributed by atoms with E-state index in [1.54, 1.807) is 6.33 Å². The largest absolute Gasteiger partial charge is 0.356 e. The average Bonchev–Trinajstić information content (AvgIpc) is 2.79. The summed E-state index contributed by atoms with van der Waals surface area (Å²) in [6, 6.07) is 10.1. The second-order valence-electron chi connectivity index (χ2n) is 3.49. The van der Waals surface area contributed by atoms with E-state index in [0.29, 0.717) is 13.3 Å². The van der Waals surface area contributed by atoms with Crippen LogP contribution in [0.2, 0.25) is 0 Å². The van der Waals surface area contributed by atoms with Crippen LogP contribution in [0.4, 0.5) is 0 Å². The first kappa shape index (κ1) is 13.5. The molecule has 1 aromatic heterocycles. The summed E-state index contributed by atoms with van der Waals surface area (Å²) >= 11 is 0. The molecule has 0 N–H and O–H groups in total. The standard InChI is InChI=1S/C12H14N2O.C2H6/c1-11-7-14(9-13-11)10-15-8-12-5-3-2-4-6-12;1-2/h2-7,9H,8,10H2,1H3;1-2H3. The molecule has 1 aromatic carbocycles. The zero-order valence-electron chi connectivity index (χ0n) is 10.8. The van der Waals surface area contributed by atoms with E-state index in [2.05, 4.69) is 17.1 Å². The molecule has 0 bridgehead atoms. The Kier molecular flexibility index (Phi) is 6.04. The summed E-state index contributed by atoms with van der Waals surface area (Å²) in [6.45, 7) is 7.15. The lowest BCUT2D eigenvalue weighted by atomic mass is 10.2. The first-order chi connectivity index (χ1) is 8.34. The fourth-order valence-electron chi connectivity index (χ4n) is 1.39. The summed E-state index contributed by atoms with van der Waals surface area (Å²) in [6.07, 6.45) is 3.74. The van der Waals surface area contributed by atoms with Gasteiger partial charge in [-0.2, -0.15) is 0 Å². The van der Waals surface area contributed by atoms with Crippen molar-refractivity contribution in [3.05, 3.63) is 54.1 Å². The van der Waals surface area contributed by atoms with E-state index in [4.69, 9.17) is 4.74 Å². The Labute approximate surface area is 103 Å². The van der Waals surface area contributed by atoms with E-state index in [0.717, 1.165) is 5.69 Å². The van der Waals surface area contributed by atoms with E-state index < -0.39 is 0 Å². The number of ether oxygens (including phenoxy) is 1. The predicted molar refractivity (Wildman–Crippen MR) is 69.5 cm³/mol. The van der Waals surface area contributed by atoms with Gasteiger partial charge >= 0.3 is 0 Å². The number of rotatable bonds is 4. The molecule has 0 radical (unpaired) electrons. The number of imidazole rings is 1. The fraction of sp³-hybridized carbons (Fsp3) is 0.357. The quantitative estimate of drug-likeness (QED) is 0.808. The van der Waals surface area contributed by atoms with E-state index in [9.17, 15) is 0 Å². The Bertz CT molecular complexity index is 409. The van der Waals surface area contributed by atoms with Gasteiger partial charge in [-0.3, -0.25) is 0 Å². The molecular weight excluding hydrogens is 212 g/mol. The second-order valence-corrected chi connectivity index (χ2v) is 3.49. The van der Waals surface area contributed by atoms with Crippen molar-refractivity contribution in [2.75, 3.05) is 0 Å². The van der Waals surface area contributed by atoms with Gasteiger partial charge in [0.05, 0.1) is 18.6 Å². The molecule has 3 nitrogen and oxygen atoms in total. The third kappa shape index (κ3) is 4.83. The van der Waals surface area contributed by atoms with Gasteiger partial charge in [0, 0.05) is 6.20 Å².